The molecule has 2 aromatic rings. The predicted molar refractivity (Wildman–Crippen MR) is 138 cm³/mol. The summed E-state index contributed by atoms with van der Waals surface area (Å²) in [6.45, 7) is 8.03. The largest absolute Gasteiger partial charge is 0.444 e. The highest BCUT2D eigenvalue weighted by atomic mass is 32.1. The van der Waals surface area contributed by atoms with Gasteiger partial charge in [0.05, 0.1) is 35.4 Å². The third kappa shape index (κ3) is 6.46. The fourth-order valence-corrected chi connectivity index (χ4v) is 5.32. The zero-order valence-electron chi connectivity index (χ0n) is 21.6. The van der Waals surface area contributed by atoms with E-state index in [0.29, 0.717) is 0 Å². The Balaban J connectivity index is 1.40. The third-order valence-electron chi connectivity index (χ3n) is 6.33. The van der Waals surface area contributed by atoms with Crippen LogP contribution in [0.25, 0.3) is 10.4 Å². The molecule has 2 fully saturated rings. The number of benzene rings is 1. The molecule has 1 unspecified atom stereocenters. The lowest BCUT2D eigenvalue weighted by atomic mass is 10.1. The normalized spacial score (nSPS) is 22.1. The highest BCUT2D eigenvalue weighted by Gasteiger charge is 2.45. The molecule has 4 rings (SSSR count). The highest BCUT2D eigenvalue weighted by molar-refractivity contribution is 7.13. The van der Waals surface area contributed by atoms with Crippen molar-refractivity contribution in [2.75, 3.05) is 26.3 Å². The van der Waals surface area contributed by atoms with Gasteiger partial charge in [0.2, 0.25) is 11.8 Å². The van der Waals surface area contributed by atoms with Gasteiger partial charge in [-0.25, -0.2) is 9.78 Å². The van der Waals surface area contributed by atoms with E-state index in [4.69, 9.17) is 9.47 Å². The maximum atomic E-state index is 13.5. The summed E-state index contributed by atoms with van der Waals surface area (Å²) in [4.78, 5) is 47.4. The van der Waals surface area contributed by atoms with Crippen molar-refractivity contribution in [1.82, 2.24) is 20.1 Å². The molecule has 0 bridgehead atoms. The van der Waals surface area contributed by atoms with Gasteiger partial charge < -0.3 is 24.8 Å². The van der Waals surface area contributed by atoms with Crippen molar-refractivity contribution in [2.24, 2.45) is 0 Å². The van der Waals surface area contributed by atoms with E-state index < -0.39 is 35.8 Å². The number of aliphatic hydroxyl groups excluding tert-OH is 1. The Kier molecular flexibility index (Phi) is 8.15. The Morgan fingerprint density at radius 1 is 1.19 bits per heavy atom. The summed E-state index contributed by atoms with van der Waals surface area (Å²) in [6, 6.07) is 6.10. The van der Waals surface area contributed by atoms with Crippen molar-refractivity contribution in [3.8, 4) is 10.4 Å². The smallest absolute Gasteiger partial charge is 0.411 e. The Labute approximate surface area is 220 Å². The number of aliphatic hydroxyl groups is 1. The molecule has 3 atom stereocenters. The zero-order chi connectivity index (χ0) is 26.7. The van der Waals surface area contributed by atoms with Gasteiger partial charge in [-0.3, -0.25) is 14.5 Å². The number of hydrogen-bond donors (Lipinski definition) is 2. The maximum Gasteiger partial charge on any atom is 0.411 e. The summed E-state index contributed by atoms with van der Waals surface area (Å²) in [5.74, 6) is -0.792. The molecule has 200 valence electrons. The van der Waals surface area contributed by atoms with Crippen molar-refractivity contribution in [1.29, 1.82) is 0 Å². The van der Waals surface area contributed by atoms with Gasteiger partial charge in [0.15, 0.2) is 0 Å². The molecule has 2 aliphatic rings. The lowest BCUT2D eigenvalue weighted by Gasteiger charge is -2.38. The Hall–Kier alpha value is -3.02. The van der Waals surface area contributed by atoms with E-state index >= 15 is 0 Å². The molecule has 2 aliphatic heterocycles. The van der Waals surface area contributed by atoms with Crippen molar-refractivity contribution in [2.45, 2.75) is 64.4 Å². The number of amides is 3. The number of nitrogens with zero attached hydrogens (tertiary/aromatic N) is 3. The van der Waals surface area contributed by atoms with Gasteiger partial charge in [-0.1, -0.05) is 24.3 Å². The third-order valence-corrected chi connectivity index (χ3v) is 7.31. The Morgan fingerprint density at radius 2 is 1.92 bits per heavy atom. The number of carbonyl (C=O) groups is 3. The fourth-order valence-electron chi connectivity index (χ4n) is 4.50. The number of morpholine rings is 1. The van der Waals surface area contributed by atoms with Gasteiger partial charge in [-0.15, -0.1) is 11.3 Å². The first-order valence-corrected chi connectivity index (χ1v) is 13.2. The summed E-state index contributed by atoms with van der Waals surface area (Å²) in [5.41, 5.74) is 4.05. The quantitative estimate of drug-likeness (QED) is 0.609. The first kappa shape index (κ1) is 27.0. The molecule has 11 heteroatoms. The van der Waals surface area contributed by atoms with Crippen LogP contribution in [-0.4, -0.2) is 87.9 Å². The van der Waals surface area contributed by atoms with Gasteiger partial charge in [-0.2, -0.15) is 0 Å². The van der Waals surface area contributed by atoms with Crippen LogP contribution in [0.1, 0.15) is 38.4 Å². The molecule has 2 saturated heterocycles. The van der Waals surface area contributed by atoms with Crippen LogP contribution in [-0.2, 0) is 25.6 Å². The minimum atomic E-state index is -0.924. The molecular weight excluding hydrogens is 496 g/mol. The number of carbonyl (C=O) groups excluding carboxylic acids is 3. The number of ether oxygens (including phenoxy) is 2. The average molecular weight is 531 g/mol. The minimum absolute atomic E-state index is 0.00456. The second kappa shape index (κ2) is 11.2. The summed E-state index contributed by atoms with van der Waals surface area (Å²) in [5, 5.41) is 13.2. The molecule has 0 radical (unpaired) electrons. The lowest BCUT2D eigenvalue weighted by molar-refractivity contribution is -0.147. The molecule has 0 aliphatic carbocycles. The molecule has 0 spiro atoms. The van der Waals surface area contributed by atoms with Crippen molar-refractivity contribution >= 4 is 29.2 Å². The molecule has 10 nitrogen and oxygen atoms in total. The van der Waals surface area contributed by atoms with Crippen LogP contribution in [0.2, 0.25) is 0 Å². The molecule has 1 aromatic carbocycles. The molecule has 3 heterocycles. The van der Waals surface area contributed by atoms with Gasteiger partial charge in [-0.05, 0) is 38.8 Å². The monoisotopic (exact) mass is 530 g/mol. The Bertz CT molecular complexity index is 1130. The number of β-amino-alcohol motifs (C(OH)–C–C–N with tert-alkyl or cyclic N) is 1. The van der Waals surface area contributed by atoms with Crippen LogP contribution in [0.15, 0.2) is 29.8 Å². The first-order valence-electron chi connectivity index (χ1n) is 12.4. The second-order valence-corrected chi connectivity index (χ2v) is 11.2. The van der Waals surface area contributed by atoms with E-state index in [1.807, 2.05) is 36.7 Å². The predicted octanol–water partition coefficient (Wildman–Crippen LogP) is 2.33. The molecular formula is C26H34N4O6S. The number of likely N-dealkylation sites (tertiary alicyclic amines) is 1. The summed E-state index contributed by atoms with van der Waals surface area (Å²) < 4.78 is 11.0. The van der Waals surface area contributed by atoms with Gasteiger partial charge in [0.25, 0.3) is 0 Å². The second-order valence-electron chi connectivity index (χ2n) is 10.3. The fraction of sp³-hybridized carbons (Fsp3) is 0.538. The summed E-state index contributed by atoms with van der Waals surface area (Å²) in [7, 11) is 0. The van der Waals surface area contributed by atoms with E-state index in [2.05, 4.69) is 10.3 Å². The van der Waals surface area contributed by atoms with Crippen molar-refractivity contribution in [3.05, 3.63) is 41.0 Å². The molecule has 1 aromatic heterocycles. The van der Waals surface area contributed by atoms with Crippen LogP contribution in [0.4, 0.5) is 4.79 Å². The van der Waals surface area contributed by atoms with Crippen molar-refractivity contribution < 1.29 is 29.0 Å². The number of hydrogen-bond acceptors (Lipinski definition) is 8. The number of aromatic nitrogens is 1. The molecule has 0 saturated carbocycles. The molecule has 2 N–H and O–H groups in total. The average Bonchev–Trinajstić information content (AvgIpc) is 3.46. The Morgan fingerprint density at radius 3 is 2.57 bits per heavy atom. The highest BCUT2D eigenvalue weighted by Crippen LogP contribution is 2.27. The van der Waals surface area contributed by atoms with E-state index in [0.717, 1.165) is 21.7 Å². The van der Waals surface area contributed by atoms with Crippen LogP contribution in [0, 0.1) is 6.92 Å². The van der Waals surface area contributed by atoms with E-state index in [1.165, 1.54) is 9.80 Å². The first-order chi connectivity index (χ1) is 17.5. The minimum Gasteiger partial charge on any atom is -0.444 e. The summed E-state index contributed by atoms with van der Waals surface area (Å²) >= 11 is 1.58. The maximum absolute atomic E-state index is 13.5. The number of thiazole rings is 1. The molecule has 37 heavy (non-hydrogen) atoms. The zero-order valence-corrected chi connectivity index (χ0v) is 22.4. The van der Waals surface area contributed by atoms with E-state index in [1.54, 1.807) is 32.1 Å². The number of aryl methyl sites for hydroxylation is 1. The topological polar surface area (TPSA) is 121 Å². The van der Waals surface area contributed by atoms with Gasteiger partial charge in [0.1, 0.15) is 17.7 Å². The van der Waals surface area contributed by atoms with Gasteiger partial charge >= 0.3 is 6.09 Å². The van der Waals surface area contributed by atoms with Crippen LogP contribution in [0.3, 0.4) is 0 Å². The number of rotatable bonds is 5. The SMILES string of the molecule is Cc1ncsc1-c1ccc(CNC(=O)[C@@H]2C[C@@H](O)CN2C(=O)C2COCCN2C(=O)OC(C)(C)C)cc1. The van der Waals surface area contributed by atoms with Crippen LogP contribution in [0.5, 0.6) is 0 Å². The van der Waals surface area contributed by atoms with Crippen LogP contribution < -0.4 is 5.32 Å². The summed E-state index contributed by atoms with van der Waals surface area (Å²) in [6.07, 6.45) is -1.31. The van der Waals surface area contributed by atoms with E-state index in [-0.39, 0.29) is 45.2 Å². The van der Waals surface area contributed by atoms with Crippen molar-refractivity contribution in [3.63, 3.8) is 0 Å². The van der Waals surface area contributed by atoms with Crippen LogP contribution >= 0.6 is 11.3 Å². The standard InChI is InChI=1S/C26H34N4O6S/c1-16-22(37-15-28-16)18-7-5-17(6-8-18)12-27-23(32)20-11-19(31)13-30(20)24(33)21-14-35-10-9-29(21)25(34)36-26(2,3)4/h5-8,15,19-21,31H,9-14H2,1-4H3,(H,27,32)/t19-,20+,21?/m1/s1. The van der Waals surface area contributed by atoms with E-state index in [9.17, 15) is 19.5 Å². The number of nitrogens with one attached hydrogen (secondary N) is 1. The van der Waals surface area contributed by atoms with Gasteiger partial charge in [0, 0.05) is 26.1 Å². The molecule has 3 amide bonds. The lowest BCUT2D eigenvalue weighted by Crippen LogP contribution is -2.59.